The van der Waals surface area contributed by atoms with Gasteiger partial charge in [0, 0.05) is 6.07 Å². The average molecular weight is 412 g/mol. The van der Waals surface area contributed by atoms with Crippen LogP contribution in [-0.4, -0.2) is 4.92 Å². The van der Waals surface area contributed by atoms with Gasteiger partial charge < -0.3 is 9.73 Å². The molecule has 0 fully saturated rings. The molecule has 0 aliphatic carbocycles. The zero-order valence-electron chi connectivity index (χ0n) is 9.62. The van der Waals surface area contributed by atoms with Crippen molar-refractivity contribution in [2.75, 3.05) is 5.32 Å². The van der Waals surface area contributed by atoms with Crippen LogP contribution in [0, 0.1) is 21.7 Å². The molecule has 0 bridgehead atoms. The van der Waals surface area contributed by atoms with Gasteiger partial charge in [0.2, 0.25) is 0 Å². The first-order valence-corrected chi connectivity index (χ1v) is 6.78. The molecule has 9 heteroatoms. The van der Waals surface area contributed by atoms with Crippen molar-refractivity contribution in [1.82, 2.24) is 0 Å². The van der Waals surface area contributed by atoms with Gasteiger partial charge in [0.1, 0.15) is 17.3 Å². The highest BCUT2D eigenvalue weighted by Gasteiger charge is 2.20. The van der Waals surface area contributed by atoms with Crippen molar-refractivity contribution in [2.45, 2.75) is 6.54 Å². The maximum atomic E-state index is 13.6. The number of benzene rings is 1. The van der Waals surface area contributed by atoms with Crippen molar-refractivity contribution in [3.63, 3.8) is 0 Å². The molecule has 1 N–H and O–H groups in total. The number of nitro groups is 1. The molecule has 20 heavy (non-hydrogen) atoms. The summed E-state index contributed by atoms with van der Waals surface area (Å²) in [4.78, 5) is 9.93. The van der Waals surface area contributed by atoms with E-state index in [1.54, 1.807) is 6.07 Å². The van der Waals surface area contributed by atoms with Gasteiger partial charge in [-0.3, -0.25) is 10.1 Å². The summed E-state index contributed by atoms with van der Waals surface area (Å²) in [6.07, 6.45) is 0. The maximum Gasteiger partial charge on any atom is 0.298 e. The molecule has 0 radical (unpaired) electrons. The van der Waals surface area contributed by atoms with Crippen LogP contribution >= 0.6 is 31.9 Å². The third-order valence-corrected chi connectivity index (χ3v) is 4.08. The number of hydrogen-bond acceptors (Lipinski definition) is 4. The monoisotopic (exact) mass is 410 g/mol. The average Bonchev–Trinajstić information content (AvgIpc) is 2.66. The van der Waals surface area contributed by atoms with Crippen LogP contribution in [0.25, 0.3) is 0 Å². The fourth-order valence-electron chi connectivity index (χ4n) is 1.53. The van der Waals surface area contributed by atoms with Gasteiger partial charge >= 0.3 is 0 Å². The quantitative estimate of drug-likeness (QED) is 0.589. The highest BCUT2D eigenvalue weighted by atomic mass is 79.9. The fourth-order valence-corrected chi connectivity index (χ4v) is 2.19. The summed E-state index contributed by atoms with van der Waals surface area (Å²) in [5, 5.41) is 13.3. The van der Waals surface area contributed by atoms with Gasteiger partial charge in [0.25, 0.3) is 5.69 Å². The van der Waals surface area contributed by atoms with Crippen LogP contribution in [0.2, 0.25) is 0 Å². The molecule has 1 aromatic carbocycles. The molecule has 0 unspecified atom stereocenters. The molecule has 0 spiro atoms. The van der Waals surface area contributed by atoms with Crippen LogP contribution in [0.15, 0.2) is 31.8 Å². The second-order valence-electron chi connectivity index (χ2n) is 3.73. The lowest BCUT2D eigenvalue weighted by Gasteiger charge is -2.06. The summed E-state index contributed by atoms with van der Waals surface area (Å²) >= 11 is 6.33. The first-order chi connectivity index (χ1) is 9.38. The maximum absolute atomic E-state index is 13.6. The van der Waals surface area contributed by atoms with Crippen LogP contribution in [0.3, 0.4) is 0 Å². The summed E-state index contributed by atoms with van der Waals surface area (Å²) in [6.45, 7) is 0.00753. The smallest absolute Gasteiger partial charge is 0.298 e. The normalized spacial score (nSPS) is 10.6. The minimum Gasteiger partial charge on any atom is -0.451 e. The van der Waals surface area contributed by atoms with Gasteiger partial charge in [-0.25, -0.2) is 8.78 Å². The molecule has 0 aliphatic heterocycles. The topological polar surface area (TPSA) is 68.3 Å². The molecule has 0 saturated heterocycles. The minimum atomic E-state index is -1.04. The van der Waals surface area contributed by atoms with E-state index >= 15 is 0 Å². The van der Waals surface area contributed by atoms with Crippen molar-refractivity contribution >= 4 is 43.2 Å². The number of nitrogens with zero attached hydrogens (tertiary/aromatic N) is 1. The van der Waals surface area contributed by atoms with Crippen LogP contribution in [-0.2, 0) is 6.54 Å². The van der Waals surface area contributed by atoms with Gasteiger partial charge in [-0.05, 0) is 37.9 Å². The van der Waals surface area contributed by atoms with E-state index < -0.39 is 22.2 Å². The lowest BCUT2D eigenvalue weighted by atomic mass is 10.2. The molecule has 2 aromatic rings. The standard InChI is InChI=1S/C11H6Br2F2N2O3/c12-7-3-6(20-11(7)13)4-16-10-8(15)1-5(14)2-9(10)17(18)19/h1-3,16H,4H2. The molecule has 0 saturated carbocycles. The van der Waals surface area contributed by atoms with Crippen molar-refractivity contribution in [1.29, 1.82) is 0 Å². The molecule has 2 rings (SSSR count). The van der Waals surface area contributed by atoms with Crippen LogP contribution < -0.4 is 5.32 Å². The van der Waals surface area contributed by atoms with E-state index in [2.05, 4.69) is 37.2 Å². The largest absolute Gasteiger partial charge is 0.451 e. The molecule has 5 nitrogen and oxygen atoms in total. The Kier molecular flexibility index (Phi) is 4.39. The predicted octanol–water partition coefficient (Wildman–Crippen LogP) is 4.60. The van der Waals surface area contributed by atoms with Crippen molar-refractivity contribution < 1.29 is 18.1 Å². The van der Waals surface area contributed by atoms with Gasteiger partial charge in [-0.2, -0.15) is 0 Å². The highest BCUT2D eigenvalue weighted by molar-refractivity contribution is 9.13. The van der Waals surface area contributed by atoms with E-state index in [1.165, 1.54) is 0 Å². The predicted molar refractivity (Wildman–Crippen MR) is 74.4 cm³/mol. The van der Waals surface area contributed by atoms with Crippen LogP contribution in [0.5, 0.6) is 0 Å². The van der Waals surface area contributed by atoms with Crippen LogP contribution in [0.1, 0.15) is 5.76 Å². The second-order valence-corrected chi connectivity index (χ2v) is 5.30. The number of nitrogens with one attached hydrogen (secondary N) is 1. The molecule has 0 amide bonds. The third-order valence-electron chi connectivity index (χ3n) is 2.37. The number of halogens is 4. The molecule has 106 valence electrons. The van der Waals surface area contributed by atoms with Gasteiger partial charge in [-0.1, -0.05) is 0 Å². The third kappa shape index (κ3) is 3.15. The second kappa shape index (κ2) is 5.88. The Morgan fingerprint density at radius 1 is 1.30 bits per heavy atom. The van der Waals surface area contributed by atoms with Crippen molar-refractivity contribution in [3.8, 4) is 0 Å². The van der Waals surface area contributed by atoms with Gasteiger partial charge in [-0.15, -0.1) is 0 Å². The molecular weight excluding hydrogens is 406 g/mol. The summed E-state index contributed by atoms with van der Waals surface area (Å²) < 4.78 is 32.9. The first kappa shape index (κ1) is 14.9. The van der Waals surface area contributed by atoms with Gasteiger partial charge in [0.05, 0.1) is 22.0 Å². The Morgan fingerprint density at radius 3 is 2.55 bits per heavy atom. The Balaban J connectivity index is 2.27. The Labute approximate surface area is 128 Å². The van der Waals surface area contributed by atoms with E-state index in [9.17, 15) is 18.9 Å². The van der Waals surface area contributed by atoms with E-state index in [1.807, 2.05) is 0 Å². The van der Waals surface area contributed by atoms with E-state index in [0.29, 0.717) is 27.0 Å². The number of hydrogen-bond donors (Lipinski definition) is 1. The molecule has 1 aromatic heterocycles. The zero-order chi connectivity index (χ0) is 14.9. The number of furan rings is 1. The summed E-state index contributed by atoms with van der Waals surface area (Å²) in [5.41, 5.74) is -1.06. The molecule has 0 aliphatic rings. The first-order valence-electron chi connectivity index (χ1n) is 5.19. The van der Waals surface area contributed by atoms with Crippen molar-refractivity contribution in [2.24, 2.45) is 0 Å². The lowest BCUT2D eigenvalue weighted by molar-refractivity contribution is -0.384. The summed E-state index contributed by atoms with van der Waals surface area (Å²) in [5.74, 6) is -1.63. The number of rotatable bonds is 4. The van der Waals surface area contributed by atoms with Crippen LogP contribution in [0.4, 0.5) is 20.2 Å². The summed E-state index contributed by atoms with van der Waals surface area (Å²) in [7, 11) is 0. The minimum absolute atomic E-state index is 0.00753. The SMILES string of the molecule is O=[N+]([O-])c1cc(F)cc(F)c1NCc1cc(Br)c(Br)o1. The molecule has 1 heterocycles. The summed E-state index contributed by atoms with van der Waals surface area (Å²) in [6, 6.07) is 2.84. The van der Waals surface area contributed by atoms with E-state index in [0.717, 1.165) is 0 Å². The lowest BCUT2D eigenvalue weighted by Crippen LogP contribution is -2.05. The van der Waals surface area contributed by atoms with E-state index in [4.69, 9.17) is 4.42 Å². The Hall–Kier alpha value is -1.48. The zero-order valence-corrected chi connectivity index (χ0v) is 12.8. The molecular formula is C11H6Br2F2N2O3. The highest BCUT2D eigenvalue weighted by Crippen LogP contribution is 2.31. The number of anilines is 1. The fraction of sp³-hybridized carbons (Fsp3) is 0.0909. The number of nitro benzene ring substituents is 1. The Bertz CT molecular complexity index is 656. The Morgan fingerprint density at radius 2 is 2.00 bits per heavy atom. The molecule has 0 atom stereocenters. The van der Waals surface area contributed by atoms with E-state index in [-0.39, 0.29) is 12.2 Å². The van der Waals surface area contributed by atoms with Crippen molar-refractivity contribution in [3.05, 3.63) is 54.9 Å². The van der Waals surface area contributed by atoms with Gasteiger partial charge in [0.15, 0.2) is 10.5 Å².